The predicted octanol–water partition coefficient (Wildman–Crippen LogP) is 1.50. The van der Waals surface area contributed by atoms with E-state index in [4.69, 9.17) is 9.84 Å². The first-order chi connectivity index (χ1) is 7.15. The second-order valence-electron chi connectivity index (χ2n) is 4.89. The lowest BCUT2D eigenvalue weighted by atomic mass is 10.1. The largest absolute Gasteiger partial charge is 0.394 e. The lowest BCUT2D eigenvalue weighted by molar-refractivity contribution is -0.00393. The number of rotatable bonds is 6. The topological polar surface area (TPSA) is 32.7 Å². The smallest absolute Gasteiger partial charge is 0.0811 e. The minimum Gasteiger partial charge on any atom is -0.394 e. The molecule has 1 fully saturated rings. The number of hydrogen-bond acceptors (Lipinski definition) is 3. The first-order valence-corrected chi connectivity index (χ1v) is 6.14. The van der Waals surface area contributed by atoms with Gasteiger partial charge >= 0.3 is 0 Å². The Bertz CT molecular complexity index is 173. The molecule has 0 bridgehead atoms. The molecule has 3 heteroatoms. The first-order valence-electron chi connectivity index (χ1n) is 6.14. The van der Waals surface area contributed by atoms with Crippen LogP contribution in [0.3, 0.4) is 0 Å². The molecular formula is C12H25NO2. The van der Waals surface area contributed by atoms with Gasteiger partial charge in [-0.2, -0.15) is 0 Å². The van der Waals surface area contributed by atoms with E-state index in [1.54, 1.807) is 0 Å². The fourth-order valence-electron chi connectivity index (χ4n) is 2.19. The van der Waals surface area contributed by atoms with E-state index in [0.29, 0.717) is 12.0 Å². The van der Waals surface area contributed by atoms with Crippen molar-refractivity contribution >= 4 is 0 Å². The van der Waals surface area contributed by atoms with Gasteiger partial charge in [0.2, 0.25) is 0 Å². The van der Waals surface area contributed by atoms with Gasteiger partial charge in [0, 0.05) is 13.1 Å². The zero-order valence-corrected chi connectivity index (χ0v) is 10.3. The lowest BCUT2D eigenvalue weighted by Crippen LogP contribution is -2.35. The van der Waals surface area contributed by atoms with Gasteiger partial charge in [0.1, 0.15) is 0 Å². The van der Waals surface area contributed by atoms with Crippen LogP contribution in [0.25, 0.3) is 0 Å². The van der Waals surface area contributed by atoms with Crippen LogP contribution >= 0.6 is 0 Å². The van der Waals surface area contributed by atoms with E-state index in [0.717, 1.165) is 32.5 Å². The highest BCUT2D eigenvalue weighted by molar-refractivity contribution is 4.76. The fraction of sp³-hybridized carbons (Fsp3) is 1.00. The second kappa shape index (κ2) is 6.46. The standard InChI is InChI=1S/C12H25NO2/c1-4-13(7-10(2)3)8-11-5-6-12(9-14)15-11/h10-12,14H,4-9H2,1-3H3/t11-,12+/m0/s1. The van der Waals surface area contributed by atoms with Crippen molar-refractivity contribution in [3.05, 3.63) is 0 Å². The molecule has 1 aliphatic heterocycles. The Balaban J connectivity index is 2.27. The maximum atomic E-state index is 8.98. The van der Waals surface area contributed by atoms with Gasteiger partial charge in [-0.15, -0.1) is 0 Å². The summed E-state index contributed by atoms with van der Waals surface area (Å²) in [5.74, 6) is 0.708. The van der Waals surface area contributed by atoms with Crippen LogP contribution in [0.4, 0.5) is 0 Å². The molecule has 1 N–H and O–H groups in total. The summed E-state index contributed by atoms with van der Waals surface area (Å²) in [4.78, 5) is 2.44. The third kappa shape index (κ3) is 4.49. The van der Waals surface area contributed by atoms with Crippen LogP contribution < -0.4 is 0 Å². The summed E-state index contributed by atoms with van der Waals surface area (Å²) < 4.78 is 5.73. The molecule has 0 spiro atoms. The number of ether oxygens (including phenoxy) is 1. The van der Waals surface area contributed by atoms with Crippen molar-refractivity contribution in [3.63, 3.8) is 0 Å². The number of likely N-dealkylation sites (N-methyl/N-ethyl adjacent to an activating group) is 1. The number of nitrogens with zero attached hydrogens (tertiary/aromatic N) is 1. The van der Waals surface area contributed by atoms with Gasteiger partial charge in [-0.3, -0.25) is 0 Å². The monoisotopic (exact) mass is 215 g/mol. The molecular weight excluding hydrogens is 190 g/mol. The van der Waals surface area contributed by atoms with Crippen LogP contribution in [0, 0.1) is 5.92 Å². The van der Waals surface area contributed by atoms with E-state index < -0.39 is 0 Å². The molecule has 1 aliphatic rings. The second-order valence-corrected chi connectivity index (χ2v) is 4.89. The van der Waals surface area contributed by atoms with Gasteiger partial charge in [0.05, 0.1) is 18.8 Å². The quantitative estimate of drug-likeness (QED) is 0.729. The van der Waals surface area contributed by atoms with Crippen LogP contribution in [0.15, 0.2) is 0 Å². The van der Waals surface area contributed by atoms with Crippen LogP contribution in [-0.2, 0) is 4.74 Å². The van der Waals surface area contributed by atoms with E-state index in [9.17, 15) is 0 Å². The van der Waals surface area contributed by atoms with Crippen molar-refractivity contribution in [1.82, 2.24) is 4.90 Å². The van der Waals surface area contributed by atoms with Gasteiger partial charge < -0.3 is 14.7 Å². The Kier molecular flexibility index (Phi) is 5.58. The van der Waals surface area contributed by atoms with E-state index in [2.05, 4.69) is 25.7 Å². The predicted molar refractivity (Wildman–Crippen MR) is 61.9 cm³/mol. The van der Waals surface area contributed by atoms with Gasteiger partial charge in [-0.25, -0.2) is 0 Å². The highest BCUT2D eigenvalue weighted by Crippen LogP contribution is 2.20. The van der Waals surface area contributed by atoms with Gasteiger partial charge in [-0.1, -0.05) is 20.8 Å². The third-order valence-electron chi connectivity index (χ3n) is 2.93. The van der Waals surface area contributed by atoms with E-state index >= 15 is 0 Å². The SMILES string of the molecule is CCN(CC(C)C)C[C@@H]1CC[C@H](CO)O1. The molecule has 1 rings (SSSR count). The van der Waals surface area contributed by atoms with Gasteiger partial charge in [0.25, 0.3) is 0 Å². The molecule has 0 aliphatic carbocycles. The normalized spacial score (nSPS) is 26.8. The minimum atomic E-state index is 0.0905. The average molecular weight is 215 g/mol. The Morgan fingerprint density at radius 1 is 1.33 bits per heavy atom. The van der Waals surface area contributed by atoms with Crippen molar-refractivity contribution in [2.75, 3.05) is 26.2 Å². The average Bonchev–Trinajstić information content (AvgIpc) is 2.64. The van der Waals surface area contributed by atoms with Crippen molar-refractivity contribution in [3.8, 4) is 0 Å². The molecule has 15 heavy (non-hydrogen) atoms. The summed E-state index contributed by atoms with van der Waals surface area (Å²) in [7, 11) is 0. The number of aliphatic hydroxyl groups excluding tert-OH is 1. The highest BCUT2D eigenvalue weighted by atomic mass is 16.5. The van der Waals surface area contributed by atoms with Crippen LogP contribution in [0.5, 0.6) is 0 Å². The Labute approximate surface area is 93.4 Å². The molecule has 0 aromatic carbocycles. The van der Waals surface area contributed by atoms with Crippen molar-refractivity contribution < 1.29 is 9.84 Å². The van der Waals surface area contributed by atoms with E-state index in [-0.39, 0.29) is 12.7 Å². The zero-order valence-electron chi connectivity index (χ0n) is 10.3. The summed E-state index contributed by atoms with van der Waals surface area (Å²) >= 11 is 0. The van der Waals surface area contributed by atoms with Crippen molar-refractivity contribution in [2.45, 2.75) is 45.8 Å². The summed E-state index contributed by atoms with van der Waals surface area (Å²) in [5.41, 5.74) is 0. The Morgan fingerprint density at radius 3 is 2.47 bits per heavy atom. The molecule has 0 aromatic heterocycles. The first kappa shape index (κ1) is 12.9. The molecule has 0 saturated carbocycles. The molecule has 90 valence electrons. The number of hydrogen-bond donors (Lipinski definition) is 1. The summed E-state index contributed by atoms with van der Waals surface area (Å²) in [6.45, 7) is 10.1. The summed E-state index contributed by atoms with van der Waals surface area (Å²) in [6, 6.07) is 0. The third-order valence-corrected chi connectivity index (χ3v) is 2.93. The minimum absolute atomic E-state index is 0.0905. The van der Waals surface area contributed by atoms with Gasteiger partial charge in [0.15, 0.2) is 0 Å². The molecule has 0 radical (unpaired) electrons. The highest BCUT2D eigenvalue weighted by Gasteiger charge is 2.25. The molecule has 0 amide bonds. The molecule has 2 atom stereocenters. The number of aliphatic hydroxyl groups is 1. The van der Waals surface area contributed by atoms with Crippen LogP contribution in [0.2, 0.25) is 0 Å². The molecule has 0 aromatic rings. The van der Waals surface area contributed by atoms with E-state index in [1.165, 1.54) is 0 Å². The lowest BCUT2D eigenvalue weighted by Gasteiger charge is -2.25. The molecule has 3 nitrogen and oxygen atoms in total. The Morgan fingerprint density at radius 2 is 2.00 bits per heavy atom. The maximum absolute atomic E-state index is 8.98. The van der Waals surface area contributed by atoms with Crippen molar-refractivity contribution in [1.29, 1.82) is 0 Å². The maximum Gasteiger partial charge on any atom is 0.0811 e. The summed E-state index contributed by atoms with van der Waals surface area (Å²) in [6.07, 6.45) is 2.54. The van der Waals surface area contributed by atoms with Crippen LogP contribution in [0.1, 0.15) is 33.6 Å². The molecule has 1 saturated heterocycles. The molecule has 0 unspecified atom stereocenters. The fourth-order valence-corrected chi connectivity index (χ4v) is 2.19. The molecule has 1 heterocycles. The van der Waals surface area contributed by atoms with Crippen LogP contribution in [-0.4, -0.2) is 48.5 Å². The zero-order chi connectivity index (χ0) is 11.3. The van der Waals surface area contributed by atoms with Gasteiger partial charge in [-0.05, 0) is 25.3 Å². The van der Waals surface area contributed by atoms with Crippen molar-refractivity contribution in [2.24, 2.45) is 5.92 Å². The summed E-state index contributed by atoms with van der Waals surface area (Å²) in [5, 5.41) is 8.98. The Hall–Kier alpha value is -0.120. The van der Waals surface area contributed by atoms with E-state index in [1.807, 2.05) is 0 Å².